The summed E-state index contributed by atoms with van der Waals surface area (Å²) in [5.74, 6) is -3.23. The minimum Gasteiger partial charge on any atom is -0.480 e. The first-order valence-corrected chi connectivity index (χ1v) is 7.78. The second-order valence-electron chi connectivity index (χ2n) is 5.86. The van der Waals surface area contributed by atoms with Crippen LogP contribution in [0.3, 0.4) is 0 Å². The van der Waals surface area contributed by atoms with Gasteiger partial charge in [0.25, 0.3) is 5.91 Å². The molecule has 9 heteroatoms. The Labute approximate surface area is 146 Å². The molecule has 1 aromatic heterocycles. The molecule has 1 unspecified atom stereocenters. The first-order chi connectivity index (χ1) is 12.3. The van der Waals surface area contributed by atoms with Crippen molar-refractivity contribution in [1.82, 2.24) is 14.9 Å². The van der Waals surface area contributed by atoms with Crippen LogP contribution in [0.15, 0.2) is 42.7 Å². The predicted molar refractivity (Wildman–Crippen MR) is 83.0 cm³/mol. The first kappa shape index (κ1) is 17.8. The van der Waals surface area contributed by atoms with E-state index in [0.29, 0.717) is 6.42 Å². The summed E-state index contributed by atoms with van der Waals surface area (Å²) in [7, 11) is 0. The monoisotopic (exact) mass is 365 g/mol. The van der Waals surface area contributed by atoms with Crippen LogP contribution < -0.4 is 0 Å². The maximum Gasteiger partial charge on any atom is 0.451 e. The molecule has 0 saturated carbocycles. The number of aliphatic carboxylic acids is 1. The number of halogens is 3. The molecule has 6 nitrogen and oxygen atoms in total. The summed E-state index contributed by atoms with van der Waals surface area (Å²) >= 11 is 0. The first-order valence-electron chi connectivity index (χ1n) is 7.78. The fourth-order valence-corrected chi connectivity index (χ4v) is 3.07. The van der Waals surface area contributed by atoms with Gasteiger partial charge >= 0.3 is 12.1 Å². The molecular formula is C17H14F3N3O3. The van der Waals surface area contributed by atoms with Crippen molar-refractivity contribution < 1.29 is 27.9 Å². The Hall–Kier alpha value is -2.97. The zero-order valence-electron chi connectivity index (χ0n) is 13.3. The van der Waals surface area contributed by atoms with Crippen molar-refractivity contribution in [2.45, 2.75) is 31.1 Å². The van der Waals surface area contributed by atoms with Crippen LogP contribution in [-0.2, 0) is 11.0 Å². The number of alkyl halides is 3. The summed E-state index contributed by atoms with van der Waals surface area (Å²) in [4.78, 5) is 31.9. The second kappa shape index (κ2) is 6.74. The van der Waals surface area contributed by atoms with Crippen LogP contribution >= 0.6 is 0 Å². The van der Waals surface area contributed by atoms with Gasteiger partial charge in [-0.15, -0.1) is 0 Å². The van der Waals surface area contributed by atoms with Crippen molar-refractivity contribution in [3.63, 3.8) is 0 Å². The number of hydrogen-bond donors (Lipinski definition) is 1. The largest absolute Gasteiger partial charge is 0.480 e. The Morgan fingerprint density at radius 2 is 1.69 bits per heavy atom. The van der Waals surface area contributed by atoms with Gasteiger partial charge in [0, 0.05) is 12.4 Å². The van der Waals surface area contributed by atoms with E-state index < -0.39 is 36.0 Å². The van der Waals surface area contributed by atoms with Crippen LogP contribution in [0.2, 0.25) is 0 Å². The lowest BCUT2D eigenvalue weighted by Crippen LogP contribution is -2.42. The van der Waals surface area contributed by atoms with Gasteiger partial charge in [0.2, 0.25) is 5.82 Å². The fraction of sp³-hybridized carbons (Fsp3) is 0.294. The SMILES string of the molecule is O=C(O)C1CC[C@@H](c2ccccc2)N1C(=O)c1cnc(C(F)(F)F)nc1. The number of nitrogens with zero attached hydrogens (tertiary/aromatic N) is 3. The number of carboxylic acids is 1. The van der Waals surface area contributed by atoms with E-state index in [0.717, 1.165) is 18.0 Å². The maximum atomic E-state index is 12.8. The third kappa shape index (κ3) is 3.37. The number of benzene rings is 1. The van der Waals surface area contributed by atoms with Crippen LogP contribution in [0.4, 0.5) is 13.2 Å². The molecule has 2 heterocycles. The molecule has 0 bridgehead atoms. The van der Waals surface area contributed by atoms with E-state index in [2.05, 4.69) is 9.97 Å². The molecule has 1 aliphatic heterocycles. The number of rotatable bonds is 3. The van der Waals surface area contributed by atoms with Crippen molar-refractivity contribution in [2.24, 2.45) is 0 Å². The van der Waals surface area contributed by atoms with Crippen LogP contribution in [-0.4, -0.2) is 37.9 Å². The van der Waals surface area contributed by atoms with Crippen molar-refractivity contribution >= 4 is 11.9 Å². The molecular weight excluding hydrogens is 351 g/mol. The summed E-state index contributed by atoms with van der Waals surface area (Å²) in [5, 5.41) is 9.42. The molecule has 1 N–H and O–H groups in total. The zero-order chi connectivity index (χ0) is 18.9. The normalized spacial score (nSPS) is 20.2. The van der Waals surface area contributed by atoms with Gasteiger partial charge in [-0.1, -0.05) is 30.3 Å². The topological polar surface area (TPSA) is 83.4 Å². The van der Waals surface area contributed by atoms with Crippen LogP contribution in [0.25, 0.3) is 0 Å². The Morgan fingerprint density at radius 3 is 2.23 bits per heavy atom. The highest BCUT2D eigenvalue weighted by atomic mass is 19.4. The number of carboxylic acid groups (broad SMARTS) is 1. The van der Waals surface area contributed by atoms with E-state index in [-0.39, 0.29) is 12.0 Å². The van der Waals surface area contributed by atoms with Gasteiger partial charge in [-0.05, 0) is 18.4 Å². The predicted octanol–water partition coefficient (Wildman–Crippen LogP) is 2.93. The molecule has 1 aromatic carbocycles. The summed E-state index contributed by atoms with van der Waals surface area (Å²) in [6, 6.07) is 7.35. The van der Waals surface area contributed by atoms with Gasteiger partial charge in [-0.25, -0.2) is 14.8 Å². The number of hydrogen-bond acceptors (Lipinski definition) is 4. The van der Waals surface area contributed by atoms with Crippen molar-refractivity contribution in [1.29, 1.82) is 0 Å². The number of likely N-dealkylation sites (tertiary alicyclic amines) is 1. The lowest BCUT2D eigenvalue weighted by molar-refractivity contribution is -0.145. The molecule has 0 aliphatic carbocycles. The average molecular weight is 365 g/mol. The fourth-order valence-electron chi connectivity index (χ4n) is 3.07. The van der Waals surface area contributed by atoms with Crippen LogP contribution in [0.5, 0.6) is 0 Å². The third-order valence-corrected chi connectivity index (χ3v) is 4.24. The van der Waals surface area contributed by atoms with Crippen molar-refractivity contribution in [2.75, 3.05) is 0 Å². The second-order valence-corrected chi connectivity index (χ2v) is 5.86. The highest BCUT2D eigenvalue weighted by molar-refractivity contribution is 5.96. The summed E-state index contributed by atoms with van der Waals surface area (Å²) in [5.41, 5.74) is 0.574. The summed E-state index contributed by atoms with van der Waals surface area (Å²) < 4.78 is 37.7. The average Bonchev–Trinajstić information content (AvgIpc) is 3.06. The van der Waals surface area contributed by atoms with Gasteiger partial charge in [-0.2, -0.15) is 13.2 Å². The molecule has 0 radical (unpaired) electrons. The maximum absolute atomic E-state index is 12.8. The Morgan fingerprint density at radius 1 is 1.08 bits per heavy atom. The minimum atomic E-state index is -4.72. The van der Waals surface area contributed by atoms with E-state index in [9.17, 15) is 27.9 Å². The minimum absolute atomic E-state index is 0.188. The molecule has 1 fully saturated rings. The van der Waals surface area contributed by atoms with Gasteiger partial charge in [0.1, 0.15) is 6.04 Å². The Bertz CT molecular complexity index is 809. The molecule has 1 amide bonds. The molecule has 1 aliphatic rings. The van der Waals surface area contributed by atoms with Gasteiger partial charge in [0.05, 0.1) is 11.6 Å². The number of amides is 1. The van der Waals surface area contributed by atoms with Crippen LogP contribution in [0, 0.1) is 0 Å². The smallest absolute Gasteiger partial charge is 0.451 e. The van der Waals surface area contributed by atoms with Crippen LogP contribution in [0.1, 0.15) is 40.6 Å². The standard InChI is InChI=1S/C17H14F3N3O3/c18-17(19,20)16-21-8-11(9-22-16)14(24)23-12(6-7-13(23)15(25)26)10-4-2-1-3-5-10/h1-5,8-9,12-13H,6-7H2,(H,25,26)/t12-,13?/m0/s1. The molecule has 0 spiro atoms. The Kier molecular flexibility index (Phi) is 4.62. The molecule has 2 atom stereocenters. The molecule has 2 aromatic rings. The molecule has 136 valence electrons. The van der Waals surface area contributed by atoms with Gasteiger partial charge in [0.15, 0.2) is 0 Å². The highest BCUT2D eigenvalue weighted by Crippen LogP contribution is 2.37. The quantitative estimate of drug-likeness (QED) is 0.904. The van der Waals surface area contributed by atoms with E-state index in [4.69, 9.17) is 0 Å². The van der Waals surface area contributed by atoms with Gasteiger partial charge in [-0.3, -0.25) is 4.79 Å². The number of carbonyl (C=O) groups is 2. The molecule has 1 saturated heterocycles. The number of aromatic nitrogens is 2. The van der Waals surface area contributed by atoms with Crippen molar-refractivity contribution in [3.05, 3.63) is 59.7 Å². The third-order valence-electron chi connectivity index (χ3n) is 4.24. The highest BCUT2D eigenvalue weighted by Gasteiger charge is 2.42. The van der Waals surface area contributed by atoms with E-state index in [1.165, 1.54) is 4.90 Å². The summed E-state index contributed by atoms with van der Waals surface area (Å²) in [6.07, 6.45) is -2.48. The van der Waals surface area contributed by atoms with Crippen molar-refractivity contribution in [3.8, 4) is 0 Å². The number of carbonyl (C=O) groups excluding carboxylic acids is 1. The zero-order valence-corrected chi connectivity index (χ0v) is 13.3. The lowest BCUT2D eigenvalue weighted by atomic mass is 10.0. The van der Waals surface area contributed by atoms with E-state index in [1.807, 2.05) is 0 Å². The van der Waals surface area contributed by atoms with Gasteiger partial charge < -0.3 is 10.0 Å². The summed E-state index contributed by atoms with van der Waals surface area (Å²) in [6.45, 7) is 0. The molecule has 26 heavy (non-hydrogen) atoms. The van der Waals surface area contributed by atoms with E-state index >= 15 is 0 Å². The lowest BCUT2D eigenvalue weighted by Gasteiger charge is -2.28. The van der Waals surface area contributed by atoms with E-state index in [1.54, 1.807) is 30.3 Å². The Balaban J connectivity index is 1.94. The molecule has 3 rings (SSSR count).